The fraction of sp³-hybridized carbons (Fsp3) is 0.812. The third-order valence-electron chi connectivity index (χ3n) is 4.83. The average Bonchev–Trinajstić information content (AvgIpc) is 2.60. The van der Waals surface area contributed by atoms with E-state index < -0.39 is 72.6 Å². The molecule has 12 heteroatoms. The third-order valence-corrected chi connectivity index (χ3v) is 4.83. The molecule has 1 rings (SSSR count). The van der Waals surface area contributed by atoms with Crippen LogP contribution in [0.5, 0.6) is 0 Å². The largest absolute Gasteiger partial charge is 0.479 e. The van der Waals surface area contributed by atoms with Gasteiger partial charge in [0.15, 0.2) is 0 Å². The average molecular weight is 422 g/mol. The van der Waals surface area contributed by atoms with Gasteiger partial charge >= 0.3 is 35.4 Å². The molecule has 0 aliphatic heterocycles. The zero-order valence-corrected chi connectivity index (χ0v) is 15.3. The number of ether oxygens (including phenoxy) is 2. The molecule has 6 nitrogen and oxygen atoms in total. The molecule has 1 aliphatic carbocycles. The van der Waals surface area contributed by atoms with E-state index in [0.29, 0.717) is 6.42 Å². The molecule has 1 N–H and O–H groups in total. The number of carbonyl (C=O) groups excluding carboxylic acids is 2. The Morgan fingerprint density at radius 2 is 1.46 bits per heavy atom. The maximum absolute atomic E-state index is 14.8. The molecule has 0 aromatic carbocycles. The molecule has 0 bridgehead atoms. The van der Waals surface area contributed by atoms with E-state index in [2.05, 4.69) is 4.74 Å². The van der Waals surface area contributed by atoms with Crippen LogP contribution in [0.25, 0.3) is 0 Å². The van der Waals surface area contributed by atoms with E-state index in [0.717, 1.165) is 0 Å². The van der Waals surface area contributed by atoms with Crippen LogP contribution in [0.4, 0.5) is 26.3 Å². The van der Waals surface area contributed by atoms with Crippen molar-refractivity contribution < 1.29 is 55.3 Å². The normalized spacial score (nSPS) is 29.0. The number of rotatable bonds is 7. The molecule has 0 radical (unpaired) electrons. The molecule has 1 saturated carbocycles. The zero-order valence-electron chi connectivity index (χ0n) is 15.3. The van der Waals surface area contributed by atoms with Gasteiger partial charge in [0.25, 0.3) is 5.67 Å². The molecule has 0 aromatic heterocycles. The number of carboxylic acid groups (broad SMARTS) is 1. The predicted octanol–water partition coefficient (Wildman–Crippen LogP) is 3.07. The maximum atomic E-state index is 14.8. The van der Waals surface area contributed by atoms with E-state index in [1.165, 1.54) is 13.8 Å². The summed E-state index contributed by atoms with van der Waals surface area (Å²) in [5.41, 5.74) is -11.0. The lowest BCUT2D eigenvalue weighted by Crippen LogP contribution is -2.75. The molecular formula is C16H20F6O6. The summed E-state index contributed by atoms with van der Waals surface area (Å²) in [4.78, 5) is 34.5. The minimum atomic E-state index is -6.02. The second-order valence-corrected chi connectivity index (χ2v) is 7.05. The number of aliphatic carboxylic acids is 1. The molecule has 1 aliphatic rings. The zero-order chi connectivity index (χ0) is 22.2. The molecule has 0 aromatic rings. The SMILES string of the molecule is CCC(C)(C)C(=O)OCCOC(=O)C1(F)CCC(F)(F)C(F)(F)C1(F)C(=O)O. The predicted molar refractivity (Wildman–Crippen MR) is 80.4 cm³/mol. The molecule has 2 atom stereocenters. The molecule has 0 saturated heterocycles. The van der Waals surface area contributed by atoms with Crippen LogP contribution in [-0.4, -0.2) is 59.4 Å². The Labute approximate surface area is 156 Å². The first-order chi connectivity index (χ1) is 12.5. The van der Waals surface area contributed by atoms with Crippen LogP contribution < -0.4 is 0 Å². The van der Waals surface area contributed by atoms with Gasteiger partial charge in [-0.25, -0.2) is 18.4 Å². The van der Waals surface area contributed by atoms with Gasteiger partial charge in [-0.15, -0.1) is 0 Å². The highest BCUT2D eigenvalue weighted by Crippen LogP contribution is 2.58. The minimum absolute atomic E-state index is 0.380. The van der Waals surface area contributed by atoms with Crippen LogP contribution in [-0.2, 0) is 23.9 Å². The summed E-state index contributed by atoms with van der Waals surface area (Å²) in [6.45, 7) is 3.16. The van der Waals surface area contributed by atoms with Gasteiger partial charge in [0, 0.05) is 12.8 Å². The lowest BCUT2D eigenvalue weighted by Gasteiger charge is -2.45. The fourth-order valence-corrected chi connectivity index (χ4v) is 2.43. The molecule has 0 heterocycles. The summed E-state index contributed by atoms with van der Waals surface area (Å²) < 4.78 is 92.5. The Bertz CT molecular complexity index is 652. The van der Waals surface area contributed by atoms with E-state index >= 15 is 0 Å². The van der Waals surface area contributed by atoms with Gasteiger partial charge < -0.3 is 14.6 Å². The van der Waals surface area contributed by atoms with Crippen molar-refractivity contribution in [3.8, 4) is 0 Å². The monoisotopic (exact) mass is 422 g/mol. The molecule has 162 valence electrons. The van der Waals surface area contributed by atoms with Crippen molar-refractivity contribution >= 4 is 17.9 Å². The fourth-order valence-electron chi connectivity index (χ4n) is 2.43. The van der Waals surface area contributed by atoms with Crippen molar-refractivity contribution in [2.75, 3.05) is 13.2 Å². The van der Waals surface area contributed by atoms with Crippen molar-refractivity contribution in [2.24, 2.45) is 5.41 Å². The summed E-state index contributed by atoms with van der Waals surface area (Å²) in [6, 6.07) is 0. The first kappa shape index (κ1) is 24.0. The van der Waals surface area contributed by atoms with Crippen LogP contribution in [0.3, 0.4) is 0 Å². The van der Waals surface area contributed by atoms with Crippen LogP contribution in [0.15, 0.2) is 0 Å². The quantitative estimate of drug-likeness (QED) is 0.385. The Morgan fingerprint density at radius 1 is 0.964 bits per heavy atom. The lowest BCUT2D eigenvalue weighted by molar-refractivity contribution is -0.319. The molecule has 28 heavy (non-hydrogen) atoms. The minimum Gasteiger partial charge on any atom is -0.479 e. The van der Waals surface area contributed by atoms with Crippen LogP contribution in [0, 0.1) is 5.41 Å². The second-order valence-electron chi connectivity index (χ2n) is 7.05. The Morgan fingerprint density at radius 3 is 1.93 bits per heavy atom. The standard InChI is InChI=1S/C16H20F6O6/c1-4-12(2,3)10(25)27-7-8-28-11(26)13(17)5-6-14(18,19)16(21,22)15(13,20)9(23)24/h4-8H2,1-3H3,(H,23,24). The maximum Gasteiger partial charge on any atom is 0.358 e. The number of hydrogen-bond acceptors (Lipinski definition) is 5. The second kappa shape index (κ2) is 7.43. The topological polar surface area (TPSA) is 89.9 Å². The summed E-state index contributed by atoms with van der Waals surface area (Å²) in [7, 11) is 0. The Kier molecular flexibility index (Phi) is 6.38. The number of esters is 2. The van der Waals surface area contributed by atoms with Gasteiger partial charge in [-0.05, 0) is 20.3 Å². The first-order valence-corrected chi connectivity index (χ1v) is 8.22. The van der Waals surface area contributed by atoms with Gasteiger partial charge in [0.2, 0.25) is 0 Å². The number of hydrogen-bond donors (Lipinski definition) is 1. The van der Waals surface area contributed by atoms with Gasteiger partial charge in [-0.2, -0.15) is 17.6 Å². The van der Waals surface area contributed by atoms with E-state index in [4.69, 9.17) is 9.84 Å². The van der Waals surface area contributed by atoms with Crippen molar-refractivity contribution in [1.82, 2.24) is 0 Å². The highest BCUT2D eigenvalue weighted by Gasteiger charge is 2.86. The van der Waals surface area contributed by atoms with E-state index in [1.54, 1.807) is 6.92 Å². The smallest absolute Gasteiger partial charge is 0.358 e. The number of halogens is 6. The highest BCUT2D eigenvalue weighted by atomic mass is 19.3. The Hall–Kier alpha value is -2.01. The van der Waals surface area contributed by atoms with Gasteiger partial charge in [0.05, 0.1) is 5.41 Å². The summed E-state index contributed by atoms with van der Waals surface area (Å²) in [5.74, 6) is -17.6. The van der Waals surface area contributed by atoms with Gasteiger partial charge in [-0.1, -0.05) is 6.92 Å². The molecule has 2 unspecified atom stereocenters. The number of alkyl halides is 6. The van der Waals surface area contributed by atoms with Crippen molar-refractivity contribution in [2.45, 2.75) is 63.2 Å². The summed E-state index contributed by atoms with van der Waals surface area (Å²) in [6.07, 6.45) is -3.45. The third kappa shape index (κ3) is 3.52. The number of carboxylic acids is 1. The van der Waals surface area contributed by atoms with Crippen LogP contribution in [0.1, 0.15) is 40.0 Å². The van der Waals surface area contributed by atoms with Crippen molar-refractivity contribution in [3.63, 3.8) is 0 Å². The van der Waals surface area contributed by atoms with Crippen molar-refractivity contribution in [3.05, 3.63) is 0 Å². The summed E-state index contributed by atoms with van der Waals surface area (Å²) in [5, 5.41) is 8.71. The van der Waals surface area contributed by atoms with Crippen LogP contribution in [0.2, 0.25) is 0 Å². The van der Waals surface area contributed by atoms with Crippen LogP contribution >= 0.6 is 0 Å². The molecule has 0 amide bonds. The lowest BCUT2D eigenvalue weighted by atomic mass is 9.69. The molecule has 0 spiro atoms. The van der Waals surface area contributed by atoms with E-state index in [1.807, 2.05) is 0 Å². The van der Waals surface area contributed by atoms with E-state index in [9.17, 15) is 40.7 Å². The first-order valence-electron chi connectivity index (χ1n) is 8.22. The van der Waals surface area contributed by atoms with Gasteiger partial charge in [0.1, 0.15) is 13.2 Å². The molecular weight excluding hydrogens is 402 g/mol. The number of carbonyl (C=O) groups is 3. The summed E-state index contributed by atoms with van der Waals surface area (Å²) >= 11 is 0. The van der Waals surface area contributed by atoms with E-state index in [-0.39, 0.29) is 0 Å². The highest BCUT2D eigenvalue weighted by molar-refractivity contribution is 5.93. The Balaban J connectivity index is 2.94. The van der Waals surface area contributed by atoms with Crippen molar-refractivity contribution in [1.29, 1.82) is 0 Å². The van der Waals surface area contributed by atoms with Gasteiger partial charge in [-0.3, -0.25) is 4.79 Å². The molecule has 1 fully saturated rings.